The Balaban J connectivity index is 1.78. The Kier molecular flexibility index (Phi) is 5.27. The maximum atomic E-state index is 12.2. The molecule has 28 heavy (non-hydrogen) atoms. The van der Waals surface area contributed by atoms with Crippen molar-refractivity contribution in [3.8, 4) is 11.3 Å². The van der Waals surface area contributed by atoms with Crippen LogP contribution in [-0.2, 0) is 10.0 Å². The number of nitrogens with zero attached hydrogens (tertiary/aromatic N) is 2. The van der Waals surface area contributed by atoms with Gasteiger partial charge in [-0.05, 0) is 49.7 Å². The molecule has 1 heterocycles. The largest absolute Gasteiger partial charge is 0.455 e. The SMILES string of the molecule is Cc1ccc(S(=O)(=O)N/N=C\c2ccc(-c3ccc(C)cc3[N+](=O)[O-])o2)cc1. The number of benzene rings is 2. The molecule has 9 heteroatoms. The molecule has 0 amide bonds. The molecule has 0 saturated heterocycles. The molecule has 8 nitrogen and oxygen atoms in total. The molecule has 0 unspecified atom stereocenters. The summed E-state index contributed by atoms with van der Waals surface area (Å²) in [5, 5.41) is 15.0. The fraction of sp³-hybridized carbons (Fsp3) is 0.105. The summed E-state index contributed by atoms with van der Waals surface area (Å²) in [5.41, 5.74) is 1.96. The van der Waals surface area contributed by atoms with Gasteiger partial charge < -0.3 is 4.42 Å². The van der Waals surface area contributed by atoms with E-state index >= 15 is 0 Å². The van der Waals surface area contributed by atoms with Crippen LogP contribution in [-0.4, -0.2) is 19.6 Å². The predicted octanol–water partition coefficient (Wildman–Crippen LogP) is 3.78. The van der Waals surface area contributed by atoms with Crippen molar-refractivity contribution in [3.05, 3.63) is 81.6 Å². The third kappa shape index (κ3) is 4.26. The minimum atomic E-state index is -3.79. The second-order valence-electron chi connectivity index (χ2n) is 6.15. The van der Waals surface area contributed by atoms with E-state index in [2.05, 4.69) is 9.93 Å². The predicted molar refractivity (Wildman–Crippen MR) is 105 cm³/mol. The molecular formula is C19H17N3O5S. The van der Waals surface area contributed by atoms with Gasteiger partial charge in [-0.15, -0.1) is 0 Å². The molecule has 2 aromatic carbocycles. The van der Waals surface area contributed by atoms with Gasteiger partial charge in [-0.1, -0.05) is 23.8 Å². The third-order valence-electron chi connectivity index (χ3n) is 3.94. The van der Waals surface area contributed by atoms with Crippen LogP contribution >= 0.6 is 0 Å². The minimum absolute atomic E-state index is 0.0714. The number of rotatable bonds is 6. The van der Waals surface area contributed by atoms with Crippen LogP contribution in [0.4, 0.5) is 5.69 Å². The van der Waals surface area contributed by atoms with E-state index < -0.39 is 14.9 Å². The molecule has 0 aliphatic rings. The molecule has 3 aromatic rings. The van der Waals surface area contributed by atoms with Crippen LogP contribution in [0.2, 0.25) is 0 Å². The monoisotopic (exact) mass is 399 g/mol. The van der Waals surface area contributed by atoms with Gasteiger partial charge in [0.05, 0.1) is 21.6 Å². The molecule has 0 aliphatic carbocycles. The van der Waals surface area contributed by atoms with Crippen molar-refractivity contribution in [1.82, 2.24) is 4.83 Å². The topological polar surface area (TPSA) is 115 Å². The Bertz CT molecular complexity index is 1150. The van der Waals surface area contributed by atoms with Crippen molar-refractivity contribution in [3.63, 3.8) is 0 Å². The Labute approximate surface area is 161 Å². The summed E-state index contributed by atoms with van der Waals surface area (Å²) in [4.78, 5) is 13.0. The third-order valence-corrected chi connectivity index (χ3v) is 5.18. The van der Waals surface area contributed by atoms with E-state index in [0.717, 1.165) is 11.1 Å². The first-order valence-electron chi connectivity index (χ1n) is 8.23. The zero-order valence-corrected chi connectivity index (χ0v) is 15.9. The number of aryl methyl sites for hydroxylation is 2. The number of nitro groups is 1. The van der Waals surface area contributed by atoms with E-state index in [-0.39, 0.29) is 22.1 Å². The molecule has 0 saturated carbocycles. The van der Waals surface area contributed by atoms with Gasteiger partial charge in [0.15, 0.2) is 0 Å². The Morgan fingerprint density at radius 2 is 1.71 bits per heavy atom. The molecule has 1 aromatic heterocycles. The highest BCUT2D eigenvalue weighted by Gasteiger charge is 2.18. The molecule has 0 bridgehead atoms. The summed E-state index contributed by atoms with van der Waals surface area (Å²) in [6, 6.07) is 14.2. The maximum Gasteiger partial charge on any atom is 0.280 e. The number of hydrogen-bond donors (Lipinski definition) is 1. The van der Waals surface area contributed by atoms with Crippen LogP contribution in [0.15, 0.2) is 69.0 Å². The van der Waals surface area contributed by atoms with Crippen LogP contribution in [0, 0.1) is 24.0 Å². The number of furan rings is 1. The molecule has 3 rings (SSSR count). The Hall–Kier alpha value is -3.46. The second-order valence-corrected chi connectivity index (χ2v) is 7.81. The van der Waals surface area contributed by atoms with Crippen LogP contribution in [0.1, 0.15) is 16.9 Å². The normalized spacial score (nSPS) is 11.6. The van der Waals surface area contributed by atoms with E-state index in [4.69, 9.17) is 4.42 Å². The molecule has 0 atom stereocenters. The van der Waals surface area contributed by atoms with Gasteiger partial charge in [0.1, 0.15) is 11.5 Å². The highest BCUT2D eigenvalue weighted by Crippen LogP contribution is 2.31. The van der Waals surface area contributed by atoms with Crippen LogP contribution in [0.25, 0.3) is 11.3 Å². The van der Waals surface area contributed by atoms with Gasteiger partial charge in [-0.3, -0.25) is 10.1 Å². The Morgan fingerprint density at radius 3 is 2.39 bits per heavy atom. The first-order chi connectivity index (χ1) is 13.3. The van der Waals surface area contributed by atoms with Gasteiger partial charge in [0.2, 0.25) is 0 Å². The maximum absolute atomic E-state index is 12.2. The number of sulfonamides is 1. The van der Waals surface area contributed by atoms with Crippen LogP contribution in [0.5, 0.6) is 0 Å². The number of nitro benzene ring substituents is 1. The first-order valence-corrected chi connectivity index (χ1v) is 9.71. The number of hydrogen-bond acceptors (Lipinski definition) is 6. The van der Waals surface area contributed by atoms with Gasteiger partial charge in [-0.2, -0.15) is 18.4 Å². The van der Waals surface area contributed by atoms with E-state index in [0.29, 0.717) is 5.56 Å². The number of nitrogens with one attached hydrogen (secondary N) is 1. The fourth-order valence-corrected chi connectivity index (χ4v) is 3.29. The van der Waals surface area contributed by atoms with Crippen LogP contribution in [0.3, 0.4) is 0 Å². The zero-order valence-electron chi connectivity index (χ0n) is 15.1. The molecule has 144 valence electrons. The molecule has 0 fully saturated rings. The summed E-state index contributed by atoms with van der Waals surface area (Å²) in [5.74, 6) is 0.533. The lowest BCUT2D eigenvalue weighted by Gasteiger charge is -2.03. The lowest BCUT2D eigenvalue weighted by molar-refractivity contribution is -0.384. The highest BCUT2D eigenvalue weighted by atomic mass is 32.2. The lowest BCUT2D eigenvalue weighted by atomic mass is 10.1. The van der Waals surface area contributed by atoms with E-state index in [9.17, 15) is 18.5 Å². The summed E-state index contributed by atoms with van der Waals surface area (Å²) in [6.45, 7) is 3.62. The van der Waals surface area contributed by atoms with Crippen molar-refractivity contribution >= 4 is 21.9 Å². The summed E-state index contributed by atoms with van der Waals surface area (Å²) < 4.78 is 29.9. The summed E-state index contributed by atoms with van der Waals surface area (Å²) >= 11 is 0. The lowest BCUT2D eigenvalue weighted by Crippen LogP contribution is -2.18. The van der Waals surface area contributed by atoms with Crippen molar-refractivity contribution in [2.24, 2.45) is 5.10 Å². The standard InChI is InChI=1S/C19H17N3O5S/c1-13-3-7-16(8-4-13)28(25,26)21-20-12-15-6-10-19(27-15)17-9-5-14(2)11-18(17)22(23)24/h3-12,21H,1-2H3/b20-12-. The first kappa shape index (κ1) is 19.3. The Morgan fingerprint density at radius 1 is 1.04 bits per heavy atom. The van der Waals surface area contributed by atoms with Crippen molar-refractivity contribution in [2.75, 3.05) is 0 Å². The molecule has 0 spiro atoms. The minimum Gasteiger partial charge on any atom is -0.455 e. The van der Waals surface area contributed by atoms with E-state index in [1.54, 1.807) is 43.3 Å². The summed E-state index contributed by atoms with van der Waals surface area (Å²) in [6.07, 6.45) is 1.19. The molecule has 1 N–H and O–H groups in total. The quantitative estimate of drug-likeness (QED) is 0.385. The molecular weight excluding hydrogens is 382 g/mol. The van der Waals surface area contributed by atoms with Crippen molar-refractivity contribution < 1.29 is 17.8 Å². The number of hydrazone groups is 1. The fourth-order valence-electron chi connectivity index (χ4n) is 2.50. The summed E-state index contributed by atoms with van der Waals surface area (Å²) in [7, 11) is -3.79. The van der Waals surface area contributed by atoms with E-state index in [1.165, 1.54) is 24.4 Å². The molecule has 0 aliphatic heterocycles. The van der Waals surface area contributed by atoms with Gasteiger partial charge >= 0.3 is 0 Å². The van der Waals surface area contributed by atoms with Crippen molar-refractivity contribution in [1.29, 1.82) is 0 Å². The second kappa shape index (κ2) is 7.65. The average molecular weight is 399 g/mol. The van der Waals surface area contributed by atoms with Crippen molar-refractivity contribution in [2.45, 2.75) is 18.7 Å². The highest BCUT2D eigenvalue weighted by molar-refractivity contribution is 7.89. The van der Waals surface area contributed by atoms with Gasteiger partial charge in [0.25, 0.3) is 15.7 Å². The molecule has 0 radical (unpaired) electrons. The van der Waals surface area contributed by atoms with Gasteiger partial charge in [0, 0.05) is 6.07 Å². The smallest absolute Gasteiger partial charge is 0.280 e. The average Bonchev–Trinajstić information content (AvgIpc) is 3.10. The zero-order chi connectivity index (χ0) is 20.3. The van der Waals surface area contributed by atoms with E-state index in [1.807, 2.05) is 6.92 Å². The van der Waals surface area contributed by atoms with Crippen LogP contribution < -0.4 is 4.83 Å². The van der Waals surface area contributed by atoms with Gasteiger partial charge in [-0.25, -0.2) is 0 Å².